The fraction of sp³-hybridized carbons (Fsp3) is 0.400. The molecule has 0 saturated heterocycles. The van der Waals surface area contributed by atoms with Gasteiger partial charge in [-0.25, -0.2) is 4.98 Å². The maximum Gasteiger partial charge on any atom is 0.124 e. The van der Waals surface area contributed by atoms with Gasteiger partial charge < -0.3 is 10.5 Å². The van der Waals surface area contributed by atoms with Crippen molar-refractivity contribution in [1.82, 2.24) is 4.98 Å². The molecular formula is C15H18N2OS. The molecule has 3 rings (SSSR count). The summed E-state index contributed by atoms with van der Waals surface area (Å²) >= 11 is 1.68. The van der Waals surface area contributed by atoms with E-state index >= 15 is 0 Å². The minimum atomic E-state index is 0.165. The first-order valence-corrected chi connectivity index (χ1v) is 7.47. The van der Waals surface area contributed by atoms with Gasteiger partial charge in [0, 0.05) is 12.2 Å². The van der Waals surface area contributed by atoms with Crippen LogP contribution in [0.3, 0.4) is 0 Å². The number of rotatable bonds is 3. The van der Waals surface area contributed by atoms with Gasteiger partial charge in [0.15, 0.2) is 0 Å². The molecule has 4 heteroatoms. The van der Waals surface area contributed by atoms with Crippen LogP contribution in [0.5, 0.6) is 5.75 Å². The molecule has 1 aromatic carbocycles. The van der Waals surface area contributed by atoms with Crippen molar-refractivity contribution >= 4 is 11.3 Å². The van der Waals surface area contributed by atoms with Gasteiger partial charge in [-0.2, -0.15) is 0 Å². The van der Waals surface area contributed by atoms with Crippen LogP contribution in [0.1, 0.15) is 39.9 Å². The van der Waals surface area contributed by atoms with Crippen LogP contribution in [0.2, 0.25) is 0 Å². The van der Waals surface area contributed by atoms with Crippen molar-refractivity contribution in [2.75, 3.05) is 0 Å². The zero-order valence-electron chi connectivity index (χ0n) is 11.1. The molecule has 100 valence electrons. The summed E-state index contributed by atoms with van der Waals surface area (Å²) in [5.41, 5.74) is 8.71. The quantitative estimate of drug-likeness (QED) is 0.933. The van der Waals surface area contributed by atoms with E-state index < -0.39 is 0 Å². The normalized spacial score (nSPS) is 18.1. The van der Waals surface area contributed by atoms with Gasteiger partial charge in [0.25, 0.3) is 0 Å². The SMILES string of the molecule is Cc1ncc(COc2cccc3c2CCCC3N)s1. The molecule has 1 unspecified atom stereocenters. The molecule has 0 aliphatic heterocycles. The lowest BCUT2D eigenvalue weighted by molar-refractivity contribution is 0.303. The highest BCUT2D eigenvalue weighted by molar-refractivity contribution is 7.11. The molecule has 19 heavy (non-hydrogen) atoms. The zero-order chi connectivity index (χ0) is 13.2. The van der Waals surface area contributed by atoms with E-state index in [1.807, 2.05) is 25.3 Å². The second-order valence-electron chi connectivity index (χ2n) is 4.96. The van der Waals surface area contributed by atoms with E-state index in [4.69, 9.17) is 10.5 Å². The van der Waals surface area contributed by atoms with Gasteiger partial charge in [0.1, 0.15) is 12.4 Å². The van der Waals surface area contributed by atoms with Gasteiger partial charge in [-0.1, -0.05) is 12.1 Å². The first-order valence-electron chi connectivity index (χ1n) is 6.65. The summed E-state index contributed by atoms with van der Waals surface area (Å²) in [4.78, 5) is 5.41. The molecule has 1 aromatic heterocycles. The highest BCUT2D eigenvalue weighted by Gasteiger charge is 2.19. The maximum atomic E-state index is 6.16. The second kappa shape index (κ2) is 5.31. The Morgan fingerprint density at radius 3 is 3.16 bits per heavy atom. The van der Waals surface area contributed by atoms with Gasteiger partial charge >= 0.3 is 0 Å². The highest BCUT2D eigenvalue weighted by atomic mass is 32.1. The topological polar surface area (TPSA) is 48.1 Å². The summed E-state index contributed by atoms with van der Waals surface area (Å²) in [5.74, 6) is 0.985. The summed E-state index contributed by atoms with van der Waals surface area (Å²) in [6.07, 6.45) is 5.18. The maximum absolute atomic E-state index is 6.16. The summed E-state index contributed by atoms with van der Waals surface area (Å²) < 4.78 is 5.97. The van der Waals surface area contributed by atoms with Crippen LogP contribution in [-0.4, -0.2) is 4.98 Å². The van der Waals surface area contributed by atoms with Crippen LogP contribution in [0.15, 0.2) is 24.4 Å². The Morgan fingerprint density at radius 2 is 2.37 bits per heavy atom. The molecule has 0 saturated carbocycles. The minimum absolute atomic E-state index is 0.165. The molecule has 1 aliphatic carbocycles. The summed E-state index contributed by atoms with van der Waals surface area (Å²) in [6.45, 7) is 2.61. The van der Waals surface area contributed by atoms with Crippen LogP contribution in [0.25, 0.3) is 0 Å². The van der Waals surface area contributed by atoms with E-state index in [0.717, 1.165) is 34.9 Å². The molecule has 1 atom stereocenters. The highest BCUT2D eigenvalue weighted by Crippen LogP contribution is 2.34. The number of aromatic nitrogens is 1. The lowest BCUT2D eigenvalue weighted by Crippen LogP contribution is -2.18. The molecule has 0 amide bonds. The van der Waals surface area contributed by atoms with Crippen molar-refractivity contribution in [3.8, 4) is 5.75 Å². The van der Waals surface area contributed by atoms with Crippen molar-refractivity contribution in [1.29, 1.82) is 0 Å². The Kier molecular flexibility index (Phi) is 3.53. The van der Waals surface area contributed by atoms with E-state index in [0.29, 0.717) is 6.61 Å². The Balaban J connectivity index is 1.79. The molecule has 0 spiro atoms. The van der Waals surface area contributed by atoms with Crippen molar-refractivity contribution in [3.05, 3.63) is 45.4 Å². The first kappa shape index (κ1) is 12.6. The Bertz CT molecular complexity index is 579. The minimum Gasteiger partial charge on any atom is -0.488 e. The third-order valence-electron chi connectivity index (χ3n) is 3.55. The largest absolute Gasteiger partial charge is 0.488 e. The van der Waals surface area contributed by atoms with E-state index in [-0.39, 0.29) is 6.04 Å². The number of thiazole rings is 1. The number of fused-ring (bicyclic) bond motifs is 1. The number of nitrogens with two attached hydrogens (primary N) is 1. The Labute approximate surface area is 117 Å². The summed E-state index contributed by atoms with van der Waals surface area (Å²) in [7, 11) is 0. The lowest BCUT2D eigenvalue weighted by atomic mass is 9.88. The molecule has 0 bridgehead atoms. The van der Waals surface area contributed by atoms with E-state index in [9.17, 15) is 0 Å². The summed E-state index contributed by atoms with van der Waals surface area (Å²) in [5, 5.41) is 1.08. The standard InChI is InChI=1S/C15H18N2OS/c1-10-17-8-11(19-10)9-18-15-7-3-4-12-13(15)5-2-6-14(12)16/h3-4,7-8,14H,2,5-6,9,16H2,1H3. The molecule has 1 heterocycles. The number of ether oxygens (including phenoxy) is 1. The van der Waals surface area contributed by atoms with Gasteiger partial charge in [-0.3, -0.25) is 0 Å². The fourth-order valence-electron chi connectivity index (χ4n) is 2.61. The molecule has 1 aliphatic rings. The van der Waals surface area contributed by atoms with Crippen LogP contribution in [0.4, 0.5) is 0 Å². The average Bonchev–Trinajstić information content (AvgIpc) is 2.83. The Morgan fingerprint density at radius 1 is 1.47 bits per heavy atom. The van der Waals surface area contributed by atoms with Crippen LogP contribution in [-0.2, 0) is 13.0 Å². The van der Waals surface area contributed by atoms with Crippen molar-refractivity contribution in [3.63, 3.8) is 0 Å². The number of aryl methyl sites for hydroxylation is 1. The van der Waals surface area contributed by atoms with Crippen molar-refractivity contribution in [2.24, 2.45) is 5.73 Å². The average molecular weight is 274 g/mol. The van der Waals surface area contributed by atoms with E-state index in [1.54, 1.807) is 11.3 Å². The number of benzene rings is 1. The van der Waals surface area contributed by atoms with E-state index in [2.05, 4.69) is 11.1 Å². The zero-order valence-corrected chi connectivity index (χ0v) is 11.9. The van der Waals surface area contributed by atoms with Crippen molar-refractivity contribution < 1.29 is 4.74 Å². The van der Waals surface area contributed by atoms with E-state index in [1.165, 1.54) is 11.1 Å². The predicted octanol–water partition coefficient (Wildman–Crippen LogP) is 3.37. The predicted molar refractivity (Wildman–Crippen MR) is 77.5 cm³/mol. The van der Waals surface area contributed by atoms with Gasteiger partial charge in [-0.15, -0.1) is 11.3 Å². The molecule has 0 fully saturated rings. The van der Waals surface area contributed by atoms with Crippen LogP contribution in [0, 0.1) is 6.92 Å². The lowest BCUT2D eigenvalue weighted by Gasteiger charge is -2.24. The second-order valence-corrected chi connectivity index (χ2v) is 6.28. The molecular weight excluding hydrogens is 256 g/mol. The third-order valence-corrected chi connectivity index (χ3v) is 4.44. The van der Waals surface area contributed by atoms with Gasteiger partial charge in [0.2, 0.25) is 0 Å². The van der Waals surface area contributed by atoms with Gasteiger partial charge in [-0.05, 0) is 43.4 Å². The fourth-order valence-corrected chi connectivity index (χ4v) is 3.32. The number of hydrogen-bond acceptors (Lipinski definition) is 4. The number of hydrogen-bond donors (Lipinski definition) is 1. The first-order chi connectivity index (χ1) is 9.24. The Hall–Kier alpha value is -1.39. The molecule has 2 aromatic rings. The number of nitrogens with zero attached hydrogens (tertiary/aromatic N) is 1. The monoisotopic (exact) mass is 274 g/mol. The van der Waals surface area contributed by atoms with Crippen LogP contribution < -0.4 is 10.5 Å². The molecule has 3 nitrogen and oxygen atoms in total. The third kappa shape index (κ3) is 2.65. The van der Waals surface area contributed by atoms with Crippen molar-refractivity contribution in [2.45, 2.75) is 38.8 Å². The summed E-state index contributed by atoms with van der Waals surface area (Å²) in [6, 6.07) is 6.38. The van der Waals surface area contributed by atoms with Crippen LogP contribution >= 0.6 is 11.3 Å². The molecule has 2 N–H and O–H groups in total. The van der Waals surface area contributed by atoms with Gasteiger partial charge in [0.05, 0.1) is 9.88 Å². The smallest absolute Gasteiger partial charge is 0.124 e. The molecule has 0 radical (unpaired) electrons.